The molecule has 1 aromatic carbocycles. The van der Waals surface area contributed by atoms with Gasteiger partial charge in [-0.05, 0) is 19.1 Å². The Labute approximate surface area is 94.7 Å². The van der Waals surface area contributed by atoms with Crippen LogP contribution in [-0.2, 0) is 0 Å². The number of nitrogens with one attached hydrogen (secondary N) is 2. The summed E-state index contributed by atoms with van der Waals surface area (Å²) < 4.78 is 0. The highest BCUT2D eigenvalue weighted by molar-refractivity contribution is 5.88. The molecule has 2 aromatic rings. The van der Waals surface area contributed by atoms with Gasteiger partial charge in [0.25, 0.3) is 0 Å². The lowest BCUT2D eigenvalue weighted by atomic mass is 10.2. The molecule has 4 heteroatoms. The molecule has 1 saturated heterocycles. The van der Waals surface area contributed by atoms with Crippen LogP contribution in [0.3, 0.4) is 0 Å². The number of aryl methyl sites for hydroxylation is 1. The van der Waals surface area contributed by atoms with Crippen LogP contribution in [0, 0.1) is 6.92 Å². The number of piperazine rings is 1. The van der Waals surface area contributed by atoms with E-state index in [0.717, 1.165) is 43.0 Å². The van der Waals surface area contributed by atoms with Gasteiger partial charge in [-0.15, -0.1) is 0 Å². The van der Waals surface area contributed by atoms with E-state index in [0.29, 0.717) is 0 Å². The van der Waals surface area contributed by atoms with Gasteiger partial charge < -0.3 is 15.2 Å². The lowest BCUT2D eigenvalue weighted by Crippen LogP contribution is -2.43. The first-order valence-electron chi connectivity index (χ1n) is 5.75. The second-order valence-electron chi connectivity index (χ2n) is 4.23. The van der Waals surface area contributed by atoms with Gasteiger partial charge in [-0.25, -0.2) is 4.98 Å². The van der Waals surface area contributed by atoms with Gasteiger partial charge in [0.15, 0.2) is 0 Å². The van der Waals surface area contributed by atoms with Gasteiger partial charge in [0.2, 0.25) is 0 Å². The first-order valence-corrected chi connectivity index (χ1v) is 5.75. The number of aromatic nitrogens is 2. The molecule has 2 heterocycles. The van der Waals surface area contributed by atoms with Crippen LogP contribution in [-0.4, -0.2) is 36.1 Å². The van der Waals surface area contributed by atoms with Gasteiger partial charge in [0.1, 0.15) is 11.3 Å². The molecule has 0 spiro atoms. The largest absolute Gasteiger partial charge is 0.367 e. The molecule has 0 bridgehead atoms. The van der Waals surface area contributed by atoms with Gasteiger partial charge in [-0.3, -0.25) is 0 Å². The van der Waals surface area contributed by atoms with Crippen molar-refractivity contribution in [2.24, 2.45) is 0 Å². The molecule has 0 saturated carbocycles. The highest BCUT2D eigenvalue weighted by atomic mass is 15.2. The second-order valence-corrected chi connectivity index (χ2v) is 4.23. The minimum Gasteiger partial charge on any atom is -0.367 e. The predicted molar refractivity (Wildman–Crippen MR) is 65.9 cm³/mol. The van der Waals surface area contributed by atoms with Crippen LogP contribution in [0.2, 0.25) is 0 Å². The van der Waals surface area contributed by atoms with E-state index in [1.807, 2.05) is 6.92 Å². The summed E-state index contributed by atoms with van der Waals surface area (Å²) in [6.45, 7) is 6.23. The van der Waals surface area contributed by atoms with Gasteiger partial charge in [0, 0.05) is 26.2 Å². The molecule has 1 aromatic heterocycles. The normalized spacial score (nSPS) is 16.9. The van der Waals surface area contributed by atoms with Gasteiger partial charge in [0.05, 0.1) is 11.2 Å². The number of hydrogen-bond donors (Lipinski definition) is 2. The van der Waals surface area contributed by atoms with Crippen molar-refractivity contribution in [2.75, 3.05) is 31.1 Å². The molecular weight excluding hydrogens is 200 g/mol. The topological polar surface area (TPSA) is 44.0 Å². The van der Waals surface area contributed by atoms with E-state index in [4.69, 9.17) is 0 Å². The number of fused-ring (bicyclic) bond motifs is 1. The number of hydrogen-bond acceptors (Lipinski definition) is 3. The molecule has 0 atom stereocenters. The summed E-state index contributed by atoms with van der Waals surface area (Å²) in [6, 6.07) is 6.34. The molecule has 0 radical (unpaired) electrons. The highest BCUT2D eigenvalue weighted by Crippen LogP contribution is 2.25. The van der Waals surface area contributed by atoms with Crippen molar-refractivity contribution in [3.63, 3.8) is 0 Å². The molecule has 0 unspecified atom stereocenters. The molecular formula is C12H16N4. The van der Waals surface area contributed by atoms with Crippen LogP contribution in [0.5, 0.6) is 0 Å². The second kappa shape index (κ2) is 3.79. The number of nitrogens with zero attached hydrogens (tertiary/aromatic N) is 2. The standard InChI is InChI=1S/C12H16N4/c1-9-14-10-3-2-4-11(12(10)15-9)16-7-5-13-6-8-16/h2-4,13H,5-8H2,1H3,(H,14,15). The van der Waals surface area contributed by atoms with Crippen molar-refractivity contribution < 1.29 is 0 Å². The maximum atomic E-state index is 4.57. The van der Waals surface area contributed by atoms with Crippen LogP contribution in [0.1, 0.15) is 5.82 Å². The monoisotopic (exact) mass is 216 g/mol. The maximum absolute atomic E-state index is 4.57. The van der Waals surface area contributed by atoms with Gasteiger partial charge >= 0.3 is 0 Å². The zero-order valence-electron chi connectivity index (χ0n) is 9.45. The average Bonchev–Trinajstić information content (AvgIpc) is 2.70. The molecule has 4 nitrogen and oxygen atoms in total. The highest BCUT2D eigenvalue weighted by Gasteiger charge is 2.14. The summed E-state index contributed by atoms with van der Waals surface area (Å²) in [4.78, 5) is 10.3. The average molecular weight is 216 g/mol. The predicted octanol–water partition coefficient (Wildman–Crippen LogP) is 1.28. The number of benzene rings is 1. The zero-order valence-corrected chi connectivity index (χ0v) is 9.45. The third-order valence-corrected chi connectivity index (χ3v) is 3.07. The molecule has 16 heavy (non-hydrogen) atoms. The lowest BCUT2D eigenvalue weighted by molar-refractivity contribution is 0.590. The van der Waals surface area contributed by atoms with E-state index in [1.54, 1.807) is 0 Å². The van der Waals surface area contributed by atoms with E-state index < -0.39 is 0 Å². The van der Waals surface area contributed by atoms with Crippen molar-refractivity contribution >= 4 is 16.7 Å². The number of H-pyrrole nitrogens is 1. The molecule has 1 fully saturated rings. The van der Waals surface area contributed by atoms with Crippen LogP contribution < -0.4 is 10.2 Å². The van der Waals surface area contributed by atoms with Crippen LogP contribution in [0.4, 0.5) is 5.69 Å². The van der Waals surface area contributed by atoms with E-state index in [2.05, 4.69) is 38.4 Å². The van der Waals surface area contributed by atoms with Gasteiger partial charge in [-0.1, -0.05) is 6.07 Å². The van der Waals surface area contributed by atoms with Crippen LogP contribution in [0.25, 0.3) is 11.0 Å². The third-order valence-electron chi connectivity index (χ3n) is 3.07. The Morgan fingerprint density at radius 1 is 1.25 bits per heavy atom. The maximum Gasteiger partial charge on any atom is 0.112 e. The third kappa shape index (κ3) is 1.55. The number of rotatable bonds is 1. The van der Waals surface area contributed by atoms with E-state index >= 15 is 0 Å². The van der Waals surface area contributed by atoms with Gasteiger partial charge in [-0.2, -0.15) is 0 Å². The fourth-order valence-electron chi connectivity index (χ4n) is 2.30. The van der Waals surface area contributed by atoms with E-state index in [-0.39, 0.29) is 0 Å². The number of para-hydroxylation sites is 1. The SMILES string of the molecule is Cc1nc2c(N3CCNCC3)cccc2[nH]1. The number of aromatic amines is 1. The Balaban J connectivity index is 2.07. The van der Waals surface area contributed by atoms with Crippen LogP contribution >= 0.6 is 0 Å². The fraction of sp³-hybridized carbons (Fsp3) is 0.417. The Kier molecular flexibility index (Phi) is 2.29. The summed E-state index contributed by atoms with van der Waals surface area (Å²) in [5, 5.41) is 3.37. The first kappa shape index (κ1) is 9.66. The quantitative estimate of drug-likeness (QED) is 0.754. The molecule has 1 aliphatic heterocycles. The summed E-state index contributed by atoms with van der Waals surface area (Å²) in [5.41, 5.74) is 3.48. The Morgan fingerprint density at radius 3 is 2.88 bits per heavy atom. The lowest BCUT2D eigenvalue weighted by Gasteiger charge is -2.29. The van der Waals surface area contributed by atoms with Crippen LogP contribution in [0.15, 0.2) is 18.2 Å². The Bertz CT molecular complexity index is 497. The number of anilines is 1. The summed E-state index contributed by atoms with van der Waals surface area (Å²) >= 11 is 0. The number of imidazole rings is 1. The van der Waals surface area contributed by atoms with Crippen molar-refractivity contribution in [2.45, 2.75) is 6.92 Å². The molecule has 84 valence electrons. The minimum atomic E-state index is 0.984. The fourth-order valence-corrected chi connectivity index (χ4v) is 2.30. The summed E-state index contributed by atoms with van der Waals surface area (Å²) in [5.74, 6) is 0.984. The molecule has 1 aliphatic rings. The Hall–Kier alpha value is -1.55. The van der Waals surface area contributed by atoms with Crippen molar-refractivity contribution in [1.82, 2.24) is 15.3 Å². The molecule has 0 amide bonds. The van der Waals surface area contributed by atoms with E-state index in [1.165, 1.54) is 5.69 Å². The smallest absolute Gasteiger partial charge is 0.112 e. The van der Waals surface area contributed by atoms with Crippen molar-refractivity contribution in [1.29, 1.82) is 0 Å². The van der Waals surface area contributed by atoms with E-state index in [9.17, 15) is 0 Å². The minimum absolute atomic E-state index is 0.984. The first-order chi connectivity index (χ1) is 7.84. The molecule has 2 N–H and O–H groups in total. The summed E-state index contributed by atoms with van der Waals surface area (Å²) in [7, 11) is 0. The molecule has 3 rings (SSSR count). The summed E-state index contributed by atoms with van der Waals surface area (Å²) in [6.07, 6.45) is 0. The zero-order chi connectivity index (χ0) is 11.0. The molecule has 0 aliphatic carbocycles. The van der Waals surface area contributed by atoms with Crippen molar-refractivity contribution in [3.05, 3.63) is 24.0 Å². The Morgan fingerprint density at radius 2 is 2.06 bits per heavy atom. The van der Waals surface area contributed by atoms with Crippen molar-refractivity contribution in [3.8, 4) is 0 Å².